The summed E-state index contributed by atoms with van der Waals surface area (Å²) in [4.78, 5) is 14.0. The molecule has 24 heavy (non-hydrogen) atoms. The predicted molar refractivity (Wildman–Crippen MR) is 85.4 cm³/mol. The van der Waals surface area contributed by atoms with Crippen LogP contribution in [0.2, 0.25) is 0 Å². The number of aryl methyl sites for hydroxylation is 1. The molecular formula is C15H20N5O4+. The van der Waals surface area contributed by atoms with Crippen LogP contribution in [0, 0.1) is 17.0 Å². The van der Waals surface area contributed by atoms with Crippen LogP contribution >= 0.6 is 0 Å². The van der Waals surface area contributed by atoms with Crippen molar-refractivity contribution in [3.8, 4) is 5.88 Å². The summed E-state index contributed by atoms with van der Waals surface area (Å²) >= 11 is 0. The lowest BCUT2D eigenvalue weighted by Gasteiger charge is -2.33. The Morgan fingerprint density at radius 3 is 2.58 bits per heavy atom. The van der Waals surface area contributed by atoms with Crippen LogP contribution in [0.1, 0.15) is 5.69 Å². The second-order valence-corrected chi connectivity index (χ2v) is 5.76. The maximum absolute atomic E-state index is 10.7. The van der Waals surface area contributed by atoms with Crippen LogP contribution in [0.25, 0.3) is 0 Å². The molecule has 0 saturated carbocycles. The van der Waals surface area contributed by atoms with Crippen LogP contribution in [0.5, 0.6) is 5.88 Å². The summed E-state index contributed by atoms with van der Waals surface area (Å²) in [5, 5.41) is 18.1. The fourth-order valence-corrected chi connectivity index (χ4v) is 2.76. The molecule has 1 N–H and O–H groups in total. The van der Waals surface area contributed by atoms with Gasteiger partial charge in [-0.05, 0) is 24.2 Å². The highest BCUT2D eigenvalue weighted by Gasteiger charge is 2.21. The number of ether oxygens (including phenoxy) is 1. The number of benzene rings is 1. The molecule has 9 heteroatoms. The third kappa shape index (κ3) is 3.80. The Kier molecular flexibility index (Phi) is 4.90. The number of rotatable bonds is 6. The Morgan fingerprint density at radius 1 is 1.29 bits per heavy atom. The van der Waals surface area contributed by atoms with E-state index in [4.69, 9.17) is 4.74 Å². The first-order valence-electron chi connectivity index (χ1n) is 7.88. The van der Waals surface area contributed by atoms with E-state index in [0.29, 0.717) is 18.2 Å². The van der Waals surface area contributed by atoms with Gasteiger partial charge in [0.1, 0.15) is 18.8 Å². The maximum Gasteiger partial charge on any atom is 0.278 e. The molecule has 128 valence electrons. The van der Waals surface area contributed by atoms with Crippen molar-refractivity contribution in [2.24, 2.45) is 0 Å². The van der Waals surface area contributed by atoms with Gasteiger partial charge >= 0.3 is 0 Å². The van der Waals surface area contributed by atoms with Gasteiger partial charge in [-0.2, -0.15) is 0 Å². The molecule has 0 bridgehead atoms. The fraction of sp³-hybridized carbons (Fsp3) is 0.467. The van der Waals surface area contributed by atoms with Crippen molar-refractivity contribution < 1.29 is 19.2 Å². The second kappa shape index (κ2) is 7.26. The van der Waals surface area contributed by atoms with E-state index in [2.05, 4.69) is 19.8 Å². The fourth-order valence-electron chi connectivity index (χ4n) is 2.76. The second-order valence-electron chi connectivity index (χ2n) is 5.76. The number of nitro benzene ring substituents is 1. The molecule has 2 heterocycles. The van der Waals surface area contributed by atoms with Crippen LogP contribution in [0.15, 0.2) is 28.9 Å². The SMILES string of the molecule is Cc1nonc1OCC[NH+]1CCN(c2ccc([N+](=O)[O-])cc2)CC1. The van der Waals surface area contributed by atoms with Crippen molar-refractivity contribution in [1.29, 1.82) is 0 Å². The molecule has 1 aromatic heterocycles. The molecule has 0 radical (unpaired) electrons. The largest absolute Gasteiger partial charge is 0.468 e. The number of hydrogen-bond acceptors (Lipinski definition) is 7. The van der Waals surface area contributed by atoms with Crippen LogP contribution in [0.3, 0.4) is 0 Å². The first-order chi connectivity index (χ1) is 11.6. The summed E-state index contributed by atoms with van der Waals surface area (Å²) in [5.74, 6) is 0.457. The van der Waals surface area contributed by atoms with Gasteiger partial charge in [-0.1, -0.05) is 5.16 Å². The van der Waals surface area contributed by atoms with E-state index in [0.717, 1.165) is 38.4 Å². The predicted octanol–water partition coefficient (Wildman–Crippen LogP) is 0.0701. The molecule has 0 spiro atoms. The summed E-state index contributed by atoms with van der Waals surface area (Å²) in [6.07, 6.45) is 0. The number of piperazine rings is 1. The Hall–Kier alpha value is -2.68. The molecule has 1 saturated heterocycles. The van der Waals surface area contributed by atoms with Gasteiger partial charge in [0.2, 0.25) is 0 Å². The summed E-state index contributed by atoms with van der Waals surface area (Å²) in [5.41, 5.74) is 1.81. The zero-order valence-corrected chi connectivity index (χ0v) is 13.5. The van der Waals surface area contributed by atoms with Crippen LogP contribution in [0.4, 0.5) is 11.4 Å². The summed E-state index contributed by atoms with van der Waals surface area (Å²) in [6.45, 7) is 7.08. The first kappa shape index (κ1) is 16.2. The van der Waals surface area contributed by atoms with E-state index in [9.17, 15) is 10.1 Å². The van der Waals surface area contributed by atoms with Crippen molar-refractivity contribution in [3.63, 3.8) is 0 Å². The Morgan fingerprint density at radius 2 is 2.00 bits per heavy atom. The molecule has 3 rings (SSSR count). The number of nitrogens with one attached hydrogen (secondary N) is 1. The van der Waals surface area contributed by atoms with Gasteiger partial charge < -0.3 is 14.5 Å². The first-order valence-corrected chi connectivity index (χ1v) is 7.88. The van der Waals surface area contributed by atoms with Gasteiger partial charge in [-0.15, -0.1) is 0 Å². The van der Waals surface area contributed by atoms with Gasteiger partial charge in [-0.25, -0.2) is 4.63 Å². The average molecular weight is 334 g/mol. The highest BCUT2D eigenvalue weighted by atomic mass is 16.6. The quantitative estimate of drug-likeness (QED) is 0.589. The molecule has 1 aromatic carbocycles. The molecule has 2 aromatic rings. The Balaban J connectivity index is 1.43. The lowest BCUT2D eigenvalue weighted by atomic mass is 10.2. The van der Waals surface area contributed by atoms with Crippen molar-refractivity contribution in [2.75, 3.05) is 44.2 Å². The third-order valence-corrected chi connectivity index (χ3v) is 4.20. The minimum atomic E-state index is -0.377. The van der Waals surface area contributed by atoms with Crippen LogP contribution < -0.4 is 14.5 Å². The maximum atomic E-state index is 10.7. The highest BCUT2D eigenvalue weighted by molar-refractivity contribution is 5.50. The van der Waals surface area contributed by atoms with Gasteiger partial charge in [0.15, 0.2) is 0 Å². The van der Waals surface area contributed by atoms with E-state index >= 15 is 0 Å². The molecule has 1 fully saturated rings. The number of non-ortho nitro benzene ring substituents is 1. The van der Waals surface area contributed by atoms with Crippen LogP contribution in [-0.4, -0.2) is 54.6 Å². The third-order valence-electron chi connectivity index (χ3n) is 4.20. The molecule has 0 atom stereocenters. The number of hydrogen-bond donors (Lipinski definition) is 1. The summed E-state index contributed by atoms with van der Waals surface area (Å²) < 4.78 is 10.2. The lowest BCUT2D eigenvalue weighted by Crippen LogP contribution is -3.15. The zero-order valence-electron chi connectivity index (χ0n) is 13.5. The molecule has 9 nitrogen and oxygen atoms in total. The summed E-state index contributed by atoms with van der Waals surface area (Å²) in [7, 11) is 0. The lowest BCUT2D eigenvalue weighted by molar-refractivity contribution is -0.900. The minimum Gasteiger partial charge on any atom is -0.468 e. The van der Waals surface area contributed by atoms with Crippen molar-refractivity contribution >= 4 is 11.4 Å². The number of quaternary nitrogens is 1. The molecule has 0 unspecified atom stereocenters. The minimum absolute atomic E-state index is 0.123. The van der Waals surface area contributed by atoms with Gasteiger partial charge in [0.25, 0.3) is 11.6 Å². The molecular weight excluding hydrogens is 314 g/mol. The van der Waals surface area contributed by atoms with Crippen LogP contribution in [-0.2, 0) is 0 Å². The number of nitro groups is 1. The molecule has 0 amide bonds. The monoisotopic (exact) mass is 334 g/mol. The van der Waals surface area contributed by atoms with E-state index in [1.54, 1.807) is 19.1 Å². The topological polar surface area (TPSA) is 99.0 Å². The van der Waals surface area contributed by atoms with E-state index in [1.165, 1.54) is 4.90 Å². The van der Waals surface area contributed by atoms with Gasteiger partial charge in [0, 0.05) is 17.8 Å². The molecule has 1 aliphatic rings. The number of aromatic nitrogens is 2. The Labute approximate surface area is 138 Å². The summed E-state index contributed by atoms with van der Waals surface area (Å²) in [6, 6.07) is 6.73. The van der Waals surface area contributed by atoms with Gasteiger partial charge in [0.05, 0.1) is 31.1 Å². The average Bonchev–Trinajstić information content (AvgIpc) is 3.01. The molecule has 0 aliphatic carbocycles. The smallest absolute Gasteiger partial charge is 0.278 e. The standard InChI is InChI=1S/C15H19N5O4/c1-12-15(17-24-16-12)23-11-10-18-6-8-19(9-7-18)13-2-4-14(5-3-13)20(21)22/h2-5H,6-11H2,1H3/p+1. The number of anilines is 1. The van der Waals surface area contributed by atoms with E-state index in [-0.39, 0.29) is 10.6 Å². The van der Waals surface area contributed by atoms with E-state index in [1.807, 2.05) is 12.1 Å². The normalized spacial score (nSPS) is 15.5. The van der Waals surface area contributed by atoms with Gasteiger partial charge in [-0.3, -0.25) is 10.1 Å². The van der Waals surface area contributed by atoms with E-state index < -0.39 is 0 Å². The zero-order chi connectivity index (χ0) is 16.9. The van der Waals surface area contributed by atoms with Crippen molar-refractivity contribution in [1.82, 2.24) is 10.3 Å². The van der Waals surface area contributed by atoms with Crippen molar-refractivity contribution in [2.45, 2.75) is 6.92 Å². The van der Waals surface area contributed by atoms with Crippen molar-refractivity contribution in [3.05, 3.63) is 40.1 Å². The number of nitrogens with zero attached hydrogens (tertiary/aromatic N) is 4. The molecule has 1 aliphatic heterocycles. The highest BCUT2D eigenvalue weighted by Crippen LogP contribution is 2.19. The Bertz CT molecular complexity index is 679.